The summed E-state index contributed by atoms with van der Waals surface area (Å²) in [6, 6.07) is 0.427. The number of hydrogen-bond donors (Lipinski definition) is 0. The lowest BCUT2D eigenvalue weighted by Gasteiger charge is -2.34. The molecule has 0 radical (unpaired) electrons. The van der Waals surface area contributed by atoms with Crippen LogP contribution in [0.5, 0.6) is 0 Å². The quantitative estimate of drug-likeness (QED) is 0.647. The predicted octanol–water partition coefficient (Wildman–Crippen LogP) is 1.81. The molecular weight excluding hydrogens is 178 g/mol. The van der Waals surface area contributed by atoms with Gasteiger partial charge in [0.25, 0.3) is 0 Å². The van der Waals surface area contributed by atoms with Crippen molar-refractivity contribution in [1.29, 1.82) is 0 Å². The molecule has 1 rings (SSSR count). The number of rotatable bonds is 4. The van der Waals surface area contributed by atoms with Crippen molar-refractivity contribution in [1.82, 2.24) is 4.90 Å². The Morgan fingerprint density at radius 2 is 2.29 bits per heavy atom. The van der Waals surface area contributed by atoms with Crippen LogP contribution in [0, 0.1) is 0 Å². The molecule has 0 aromatic heterocycles. The van der Waals surface area contributed by atoms with Gasteiger partial charge in [0.05, 0.1) is 13.5 Å². The van der Waals surface area contributed by atoms with Gasteiger partial charge in [-0.1, -0.05) is 13.3 Å². The summed E-state index contributed by atoms with van der Waals surface area (Å²) in [5.41, 5.74) is 0. The van der Waals surface area contributed by atoms with Crippen molar-refractivity contribution in [3.8, 4) is 0 Å². The number of ether oxygens (including phenoxy) is 1. The fourth-order valence-corrected chi connectivity index (χ4v) is 2.15. The van der Waals surface area contributed by atoms with E-state index in [2.05, 4.69) is 11.8 Å². The van der Waals surface area contributed by atoms with Gasteiger partial charge in [0.15, 0.2) is 0 Å². The number of likely N-dealkylation sites (tertiary alicyclic amines) is 1. The summed E-state index contributed by atoms with van der Waals surface area (Å²) in [5.74, 6) is -0.0713. The van der Waals surface area contributed by atoms with Gasteiger partial charge in [0.2, 0.25) is 0 Å². The molecule has 0 aromatic carbocycles. The number of nitrogens with zero attached hydrogens (tertiary/aromatic N) is 1. The maximum absolute atomic E-state index is 11.2. The minimum atomic E-state index is -0.0713. The first-order valence-corrected chi connectivity index (χ1v) is 5.58. The zero-order chi connectivity index (χ0) is 10.4. The third-order valence-electron chi connectivity index (χ3n) is 2.89. The molecule has 0 aliphatic carbocycles. The summed E-state index contributed by atoms with van der Waals surface area (Å²) < 4.78 is 4.71. The molecular formula is C11H21NO2. The van der Waals surface area contributed by atoms with E-state index in [0.29, 0.717) is 12.5 Å². The number of piperidine rings is 1. The molecule has 1 fully saturated rings. The Bertz CT molecular complexity index is 180. The lowest BCUT2D eigenvalue weighted by Crippen LogP contribution is -2.41. The van der Waals surface area contributed by atoms with Gasteiger partial charge < -0.3 is 4.74 Å². The highest BCUT2D eigenvalue weighted by atomic mass is 16.5. The Hall–Kier alpha value is -0.570. The second kappa shape index (κ2) is 6.02. The summed E-state index contributed by atoms with van der Waals surface area (Å²) in [7, 11) is 1.47. The van der Waals surface area contributed by atoms with Crippen LogP contribution < -0.4 is 0 Å². The first kappa shape index (κ1) is 11.5. The lowest BCUT2D eigenvalue weighted by molar-refractivity contribution is -0.142. The average Bonchev–Trinajstić information content (AvgIpc) is 2.21. The van der Waals surface area contributed by atoms with Crippen LogP contribution in [0.3, 0.4) is 0 Å². The van der Waals surface area contributed by atoms with Crippen LogP contribution in [0.1, 0.15) is 39.0 Å². The molecule has 0 spiro atoms. The van der Waals surface area contributed by atoms with Gasteiger partial charge in [-0.2, -0.15) is 0 Å². The lowest BCUT2D eigenvalue weighted by atomic mass is 9.99. The van der Waals surface area contributed by atoms with Crippen LogP contribution in [-0.2, 0) is 9.53 Å². The monoisotopic (exact) mass is 199 g/mol. The second-order valence-electron chi connectivity index (χ2n) is 3.97. The van der Waals surface area contributed by atoms with Crippen LogP contribution in [0.25, 0.3) is 0 Å². The van der Waals surface area contributed by atoms with Crippen molar-refractivity contribution >= 4 is 5.97 Å². The van der Waals surface area contributed by atoms with E-state index in [1.165, 1.54) is 20.0 Å². The highest BCUT2D eigenvalue weighted by molar-refractivity contribution is 5.69. The van der Waals surface area contributed by atoms with Crippen LogP contribution in [0.15, 0.2) is 0 Å². The molecule has 1 saturated heterocycles. The summed E-state index contributed by atoms with van der Waals surface area (Å²) in [6.07, 6.45) is 5.41. The highest BCUT2D eigenvalue weighted by Crippen LogP contribution is 2.19. The molecule has 1 unspecified atom stereocenters. The first-order valence-electron chi connectivity index (χ1n) is 5.58. The Kier molecular flexibility index (Phi) is 4.94. The summed E-state index contributed by atoms with van der Waals surface area (Å²) in [6.45, 7) is 4.45. The molecule has 0 saturated carbocycles. The number of methoxy groups -OCH3 is 1. The number of esters is 1. The van der Waals surface area contributed by atoms with Crippen LogP contribution in [-0.4, -0.2) is 37.1 Å². The van der Waals surface area contributed by atoms with Gasteiger partial charge in [-0.15, -0.1) is 0 Å². The van der Waals surface area contributed by atoms with E-state index in [0.717, 1.165) is 25.9 Å². The molecule has 0 N–H and O–H groups in total. The molecule has 1 aliphatic rings. The van der Waals surface area contributed by atoms with E-state index >= 15 is 0 Å². The van der Waals surface area contributed by atoms with Gasteiger partial charge in [-0.05, 0) is 32.4 Å². The van der Waals surface area contributed by atoms with Crippen molar-refractivity contribution in [2.24, 2.45) is 0 Å². The van der Waals surface area contributed by atoms with E-state index in [4.69, 9.17) is 4.74 Å². The molecule has 82 valence electrons. The molecule has 1 heterocycles. The Balaban J connectivity index is 2.41. The van der Waals surface area contributed by atoms with Crippen molar-refractivity contribution < 1.29 is 9.53 Å². The third-order valence-corrected chi connectivity index (χ3v) is 2.89. The zero-order valence-corrected chi connectivity index (χ0v) is 9.29. The smallest absolute Gasteiger partial charge is 0.307 e. The fraction of sp³-hybridized carbons (Fsp3) is 0.909. The summed E-state index contributed by atoms with van der Waals surface area (Å²) in [4.78, 5) is 13.6. The van der Waals surface area contributed by atoms with Crippen molar-refractivity contribution in [2.75, 3.05) is 20.2 Å². The molecule has 14 heavy (non-hydrogen) atoms. The van der Waals surface area contributed by atoms with Crippen LogP contribution in [0.2, 0.25) is 0 Å². The Morgan fingerprint density at radius 3 is 2.93 bits per heavy atom. The van der Waals surface area contributed by atoms with Crippen molar-refractivity contribution in [3.05, 3.63) is 0 Å². The SMILES string of the molecule is CCCN1CCCCC1CC(=O)OC. The minimum Gasteiger partial charge on any atom is -0.469 e. The van der Waals surface area contributed by atoms with E-state index in [1.807, 2.05) is 0 Å². The third kappa shape index (κ3) is 3.29. The highest BCUT2D eigenvalue weighted by Gasteiger charge is 2.23. The van der Waals surface area contributed by atoms with E-state index < -0.39 is 0 Å². The van der Waals surface area contributed by atoms with Crippen molar-refractivity contribution in [2.45, 2.75) is 45.1 Å². The van der Waals surface area contributed by atoms with E-state index in [9.17, 15) is 4.79 Å². The Labute approximate surface area is 86.4 Å². The van der Waals surface area contributed by atoms with E-state index in [-0.39, 0.29) is 5.97 Å². The zero-order valence-electron chi connectivity index (χ0n) is 9.29. The predicted molar refractivity (Wildman–Crippen MR) is 56.1 cm³/mol. The summed E-state index contributed by atoms with van der Waals surface area (Å²) >= 11 is 0. The standard InChI is InChI=1S/C11H21NO2/c1-3-7-12-8-5-4-6-10(12)9-11(13)14-2/h10H,3-9H2,1-2H3. The maximum Gasteiger partial charge on any atom is 0.307 e. The summed E-state index contributed by atoms with van der Waals surface area (Å²) in [5, 5.41) is 0. The number of carbonyl (C=O) groups is 1. The topological polar surface area (TPSA) is 29.5 Å². The maximum atomic E-state index is 11.2. The molecule has 0 aromatic rings. The van der Waals surface area contributed by atoms with Gasteiger partial charge in [-0.25, -0.2) is 0 Å². The van der Waals surface area contributed by atoms with Gasteiger partial charge >= 0.3 is 5.97 Å². The largest absolute Gasteiger partial charge is 0.469 e. The molecule has 1 aliphatic heterocycles. The average molecular weight is 199 g/mol. The fourth-order valence-electron chi connectivity index (χ4n) is 2.15. The normalized spacial score (nSPS) is 23.4. The van der Waals surface area contributed by atoms with E-state index in [1.54, 1.807) is 0 Å². The number of carbonyl (C=O) groups excluding carboxylic acids is 1. The Morgan fingerprint density at radius 1 is 1.50 bits per heavy atom. The number of hydrogen-bond acceptors (Lipinski definition) is 3. The molecule has 0 amide bonds. The molecule has 3 nitrogen and oxygen atoms in total. The molecule has 1 atom stereocenters. The van der Waals surface area contributed by atoms with Gasteiger partial charge in [-0.3, -0.25) is 9.69 Å². The molecule has 3 heteroatoms. The van der Waals surface area contributed by atoms with Crippen molar-refractivity contribution in [3.63, 3.8) is 0 Å². The second-order valence-corrected chi connectivity index (χ2v) is 3.97. The molecule has 0 bridgehead atoms. The first-order chi connectivity index (χ1) is 6.77. The van der Waals surface area contributed by atoms with Gasteiger partial charge in [0, 0.05) is 6.04 Å². The minimum absolute atomic E-state index is 0.0713. The van der Waals surface area contributed by atoms with Gasteiger partial charge in [0.1, 0.15) is 0 Å². The van der Waals surface area contributed by atoms with Crippen LogP contribution in [0.4, 0.5) is 0 Å². The van der Waals surface area contributed by atoms with Crippen LogP contribution >= 0.6 is 0 Å².